The van der Waals surface area contributed by atoms with Crippen LogP contribution in [0.1, 0.15) is 56.1 Å². The lowest BCUT2D eigenvalue weighted by molar-refractivity contribution is -0.0646. The van der Waals surface area contributed by atoms with Gasteiger partial charge in [0.2, 0.25) is 0 Å². The van der Waals surface area contributed by atoms with Crippen LogP contribution in [-0.2, 0) is 6.42 Å². The van der Waals surface area contributed by atoms with Crippen LogP contribution in [0.25, 0.3) is 0 Å². The van der Waals surface area contributed by atoms with Gasteiger partial charge in [0.15, 0.2) is 0 Å². The molecule has 1 aromatic carbocycles. The Labute approximate surface area is 132 Å². The fourth-order valence-electron chi connectivity index (χ4n) is 5.82. The first kappa shape index (κ1) is 14.2. The van der Waals surface area contributed by atoms with Crippen LogP contribution in [0.15, 0.2) is 18.2 Å². The molecule has 2 saturated carbocycles. The van der Waals surface area contributed by atoms with Gasteiger partial charge in [0.1, 0.15) is 11.4 Å². The normalized spacial score (nSPS) is 42.9. The predicted molar refractivity (Wildman–Crippen MR) is 86.5 cm³/mol. The average molecular weight is 296 g/mol. The monoisotopic (exact) mass is 296 g/mol. The van der Waals surface area contributed by atoms with E-state index in [1.807, 2.05) is 12.1 Å². The van der Waals surface area contributed by atoms with Gasteiger partial charge in [-0.1, -0.05) is 18.9 Å². The lowest BCUT2D eigenvalue weighted by Crippen LogP contribution is -2.50. The van der Waals surface area contributed by atoms with Crippen molar-refractivity contribution in [1.82, 2.24) is 0 Å². The Hall–Kier alpha value is -1.46. The van der Waals surface area contributed by atoms with Crippen molar-refractivity contribution in [2.75, 3.05) is 0 Å². The Kier molecular flexibility index (Phi) is 2.91. The highest BCUT2D eigenvalue weighted by Crippen LogP contribution is 2.64. The molecule has 1 aromatic rings. The molecule has 0 spiro atoms. The van der Waals surface area contributed by atoms with E-state index >= 15 is 0 Å². The minimum absolute atomic E-state index is 0.128. The summed E-state index contributed by atoms with van der Waals surface area (Å²) < 4.78 is 0. The van der Waals surface area contributed by atoms with E-state index in [4.69, 9.17) is 6.42 Å². The van der Waals surface area contributed by atoms with E-state index in [0.717, 1.165) is 38.5 Å². The van der Waals surface area contributed by atoms with Gasteiger partial charge in [-0.05, 0) is 79.5 Å². The van der Waals surface area contributed by atoms with Gasteiger partial charge in [-0.2, -0.15) is 0 Å². The van der Waals surface area contributed by atoms with Crippen LogP contribution in [0.5, 0.6) is 5.75 Å². The van der Waals surface area contributed by atoms with Crippen molar-refractivity contribution in [3.63, 3.8) is 0 Å². The lowest BCUT2D eigenvalue weighted by atomic mass is 9.53. The second-order valence-corrected chi connectivity index (χ2v) is 7.80. The van der Waals surface area contributed by atoms with Crippen LogP contribution in [0.3, 0.4) is 0 Å². The second-order valence-electron chi connectivity index (χ2n) is 7.80. The minimum atomic E-state index is -0.919. The third-order valence-electron chi connectivity index (χ3n) is 7.10. The SMILES string of the molecule is C#CC1(O)CC[C@H]2[C@@H]3CCc4cc(O)ccc4[C@H]3CC[C@@]21C. The van der Waals surface area contributed by atoms with Crippen molar-refractivity contribution in [2.45, 2.75) is 57.0 Å². The van der Waals surface area contributed by atoms with Gasteiger partial charge in [-0.3, -0.25) is 0 Å². The van der Waals surface area contributed by atoms with Gasteiger partial charge in [0.05, 0.1) is 0 Å². The minimum Gasteiger partial charge on any atom is -0.508 e. The van der Waals surface area contributed by atoms with E-state index < -0.39 is 5.60 Å². The van der Waals surface area contributed by atoms with Crippen molar-refractivity contribution in [3.05, 3.63) is 29.3 Å². The van der Waals surface area contributed by atoms with Crippen molar-refractivity contribution in [3.8, 4) is 18.1 Å². The van der Waals surface area contributed by atoms with Gasteiger partial charge in [0.25, 0.3) is 0 Å². The average Bonchev–Trinajstić information content (AvgIpc) is 2.79. The Morgan fingerprint density at radius 2 is 2.05 bits per heavy atom. The molecule has 2 fully saturated rings. The number of terminal acetylenes is 1. The number of phenolic OH excluding ortho intramolecular Hbond substituents is 1. The van der Waals surface area contributed by atoms with Crippen molar-refractivity contribution in [1.29, 1.82) is 0 Å². The van der Waals surface area contributed by atoms with Crippen LogP contribution in [-0.4, -0.2) is 15.8 Å². The largest absolute Gasteiger partial charge is 0.508 e. The number of aliphatic hydroxyl groups is 1. The number of hydrogen-bond donors (Lipinski definition) is 2. The highest BCUT2D eigenvalue weighted by Gasteiger charge is 2.61. The maximum atomic E-state index is 10.9. The van der Waals surface area contributed by atoms with Crippen LogP contribution in [0.2, 0.25) is 0 Å². The molecule has 0 bridgehead atoms. The Morgan fingerprint density at radius 1 is 1.23 bits per heavy atom. The molecule has 116 valence electrons. The van der Waals surface area contributed by atoms with Crippen molar-refractivity contribution in [2.24, 2.45) is 17.3 Å². The first-order chi connectivity index (χ1) is 10.5. The second kappa shape index (κ2) is 4.52. The Bertz CT molecular complexity index is 658. The van der Waals surface area contributed by atoms with E-state index in [0.29, 0.717) is 23.5 Å². The summed E-state index contributed by atoms with van der Waals surface area (Å²) in [7, 11) is 0. The number of fused-ring (bicyclic) bond motifs is 5. The number of benzene rings is 1. The van der Waals surface area contributed by atoms with Crippen molar-refractivity contribution >= 4 is 0 Å². The summed E-state index contributed by atoms with van der Waals surface area (Å²) in [5.74, 6) is 4.82. The van der Waals surface area contributed by atoms with E-state index in [1.54, 1.807) is 0 Å². The third kappa shape index (κ3) is 1.66. The number of aryl methyl sites for hydroxylation is 1. The molecule has 0 amide bonds. The van der Waals surface area contributed by atoms with Gasteiger partial charge in [0, 0.05) is 5.41 Å². The third-order valence-corrected chi connectivity index (χ3v) is 7.10. The number of hydrogen-bond acceptors (Lipinski definition) is 2. The fourth-order valence-corrected chi connectivity index (χ4v) is 5.82. The summed E-state index contributed by atoms with van der Waals surface area (Å²) in [5.41, 5.74) is 1.69. The molecule has 2 heteroatoms. The molecule has 3 aliphatic carbocycles. The van der Waals surface area contributed by atoms with E-state index in [9.17, 15) is 10.2 Å². The summed E-state index contributed by atoms with van der Waals surface area (Å²) in [6.45, 7) is 2.22. The fraction of sp³-hybridized carbons (Fsp3) is 0.600. The highest BCUT2D eigenvalue weighted by atomic mass is 16.3. The molecule has 0 aromatic heterocycles. The zero-order chi connectivity index (χ0) is 15.5. The Morgan fingerprint density at radius 3 is 2.82 bits per heavy atom. The van der Waals surface area contributed by atoms with E-state index in [-0.39, 0.29) is 5.41 Å². The topological polar surface area (TPSA) is 40.5 Å². The smallest absolute Gasteiger partial charge is 0.130 e. The maximum absolute atomic E-state index is 10.9. The van der Waals surface area contributed by atoms with E-state index in [2.05, 4.69) is 18.9 Å². The molecular formula is C20H24O2. The molecule has 0 saturated heterocycles. The first-order valence-electron chi connectivity index (χ1n) is 8.50. The van der Waals surface area contributed by atoms with Gasteiger partial charge in [-0.15, -0.1) is 6.42 Å². The van der Waals surface area contributed by atoms with E-state index in [1.165, 1.54) is 11.1 Å². The molecule has 2 N–H and O–H groups in total. The predicted octanol–water partition coefficient (Wildman–Crippen LogP) is 3.61. The molecule has 0 aliphatic heterocycles. The standard InChI is InChI=1S/C20H24O2/c1-3-20(22)11-9-18-17-6-4-13-12-14(21)5-7-15(13)16(17)8-10-19(18,20)2/h1,5,7,12,16-18,21-22H,4,6,8-11H2,2H3/t16-,17-,18+,19+,20?/m1/s1. The molecule has 0 heterocycles. The number of aromatic hydroxyl groups is 1. The summed E-state index contributed by atoms with van der Waals surface area (Å²) in [5, 5.41) is 20.6. The zero-order valence-electron chi connectivity index (χ0n) is 13.2. The molecule has 1 unspecified atom stereocenters. The quantitative estimate of drug-likeness (QED) is 0.718. The van der Waals surface area contributed by atoms with Gasteiger partial charge >= 0.3 is 0 Å². The summed E-state index contributed by atoms with van der Waals surface area (Å²) >= 11 is 0. The molecule has 5 atom stereocenters. The summed E-state index contributed by atoms with van der Waals surface area (Å²) in [4.78, 5) is 0. The zero-order valence-corrected chi connectivity index (χ0v) is 13.2. The Balaban J connectivity index is 1.72. The number of phenols is 1. The van der Waals surface area contributed by atoms with Crippen LogP contribution in [0, 0.1) is 29.6 Å². The van der Waals surface area contributed by atoms with Crippen LogP contribution >= 0.6 is 0 Å². The maximum Gasteiger partial charge on any atom is 0.130 e. The summed E-state index contributed by atoms with van der Waals surface area (Å²) in [6, 6.07) is 5.87. The molecular weight excluding hydrogens is 272 g/mol. The molecule has 3 aliphatic rings. The molecule has 2 nitrogen and oxygen atoms in total. The lowest BCUT2D eigenvalue weighted by Gasteiger charge is -2.52. The van der Waals surface area contributed by atoms with Crippen LogP contribution in [0.4, 0.5) is 0 Å². The van der Waals surface area contributed by atoms with Crippen LogP contribution < -0.4 is 0 Å². The van der Waals surface area contributed by atoms with Gasteiger partial charge < -0.3 is 10.2 Å². The molecule has 22 heavy (non-hydrogen) atoms. The highest BCUT2D eigenvalue weighted by molar-refractivity contribution is 5.40. The first-order valence-corrected chi connectivity index (χ1v) is 8.50. The van der Waals surface area contributed by atoms with Crippen molar-refractivity contribution < 1.29 is 10.2 Å². The summed E-state index contributed by atoms with van der Waals surface area (Å²) in [6.07, 6.45) is 11.8. The van der Waals surface area contributed by atoms with Gasteiger partial charge in [-0.25, -0.2) is 0 Å². The molecule has 4 rings (SSSR count). The molecule has 0 radical (unpaired) electrons. The number of rotatable bonds is 0.